The fourth-order valence-corrected chi connectivity index (χ4v) is 18.9. The SMILES string of the molecule is O=P1(O)Oc2c(-c3c(C4CCCCC4)cc(C4CCCCC4)cc3C3CCCCC3)cc3c(c2[C@H]2c4ccccc4CC(c4c(C5CCCCC5)cc(C5CCCCC5)cc4C4CCCCC4)[C@H]2O1)CCCC3. The molecule has 390 valence electrons. The summed E-state index contributed by atoms with van der Waals surface area (Å²) in [6.07, 6.45) is 43.5. The lowest BCUT2D eigenvalue weighted by Crippen LogP contribution is -2.37. The molecule has 0 bridgehead atoms. The molecule has 0 radical (unpaired) electrons. The van der Waals surface area contributed by atoms with Crippen molar-refractivity contribution < 1.29 is 18.5 Å². The molecule has 4 nitrogen and oxygen atoms in total. The quantitative estimate of drug-likeness (QED) is 0.179. The highest BCUT2D eigenvalue weighted by Crippen LogP contribution is 2.64. The second kappa shape index (κ2) is 21.7. The van der Waals surface area contributed by atoms with E-state index in [9.17, 15) is 4.89 Å². The van der Waals surface area contributed by atoms with Crippen LogP contribution in [-0.2, 0) is 28.4 Å². The van der Waals surface area contributed by atoms with E-state index in [1.165, 1.54) is 249 Å². The molecule has 0 saturated heterocycles. The lowest BCUT2D eigenvalue weighted by Gasteiger charge is -2.43. The van der Waals surface area contributed by atoms with Gasteiger partial charge in [-0.2, -0.15) is 0 Å². The van der Waals surface area contributed by atoms with E-state index in [2.05, 4.69) is 54.6 Å². The predicted octanol–water partition coefficient (Wildman–Crippen LogP) is 19.9. The van der Waals surface area contributed by atoms with Crippen LogP contribution in [0.3, 0.4) is 0 Å². The van der Waals surface area contributed by atoms with Gasteiger partial charge in [0.1, 0.15) is 5.75 Å². The fraction of sp³-hybridized carbons (Fsp3) is 0.647. The molecule has 6 fully saturated rings. The highest BCUT2D eigenvalue weighted by Gasteiger charge is 2.51. The summed E-state index contributed by atoms with van der Waals surface area (Å²) in [5, 5.41) is 0. The molecule has 1 heterocycles. The van der Waals surface area contributed by atoms with E-state index in [0.29, 0.717) is 41.3 Å². The third-order valence-electron chi connectivity index (χ3n) is 21.4. The maximum Gasteiger partial charge on any atom is 0.527 e. The largest absolute Gasteiger partial charge is 0.527 e. The maximum atomic E-state index is 15.7. The zero-order valence-electron chi connectivity index (χ0n) is 44.8. The van der Waals surface area contributed by atoms with Gasteiger partial charge >= 0.3 is 7.82 Å². The smallest absolute Gasteiger partial charge is 0.403 e. The molecule has 9 aliphatic rings. The van der Waals surface area contributed by atoms with E-state index in [4.69, 9.17) is 9.05 Å². The Morgan fingerprint density at radius 3 is 1.38 bits per heavy atom. The van der Waals surface area contributed by atoms with E-state index < -0.39 is 13.9 Å². The lowest BCUT2D eigenvalue weighted by molar-refractivity contribution is 0.106. The van der Waals surface area contributed by atoms with Crippen molar-refractivity contribution in [2.45, 2.75) is 278 Å². The van der Waals surface area contributed by atoms with E-state index in [1.54, 1.807) is 22.3 Å². The third kappa shape index (κ3) is 9.83. The summed E-state index contributed by atoms with van der Waals surface area (Å²) in [6, 6.07) is 22.7. The van der Waals surface area contributed by atoms with Crippen molar-refractivity contribution in [2.75, 3.05) is 0 Å². The minimum absolute atomic E-state index is 0.0579. The number of benzene rings is 4. The summed E-state index contributed by atoms with van der Waals surface area (Å²) in [5.74, 6) is 3.71. The summed E-state index contributed by atoms with van der Waals surface area (Å²) in [4.78, 5) is 12.8. The van der Waals surface area contributed by atoms with Crippen molar-refractivity contribution in [3.05, 3.63) is 121 Å². The average molecular weight is 1000 g/mol. The van der Waals surface area contributed by atoms with Gasteiger partial charge in [0.25, 0.3) is 0 Å². The van der Waals surface area contributed by atoms with Gasteiger partial charge in [-0.25, -0.2) is 4.57 Å². The van der Waals surface area contributed by atoms with Gasteiger partial charge < -0.3 is 4.52 Å². The average Bonchev–Trinajstić information content (AvgIpc) is 3.59. The molecular formula is C68H89O4P. The van der Waals surface area contributed by atoms with E-state index in [1.807, 2.05) is 0 Å². The van der Waals surface area contributed by atoms with Crippen LogP contribution in [0.1, 0.15) is 320 Å². The summed E-state index contributed by atoms with van der Waals surface area (Å²) < 4.78 is 30.0. The molecule has 1 N–H and O–H groups in total. The Bertz CT molecular complexity index is 2570. The summed E-state index contributed by atoms with van der Waals surface area (Å²) in [7, 11) is -4.66. The molecule has 4 atom stereocenters. The molecule has 73 heavy (non-hydrogen) atoms. The van der Waals surface area contributed by atoms with E-state index in [-0.39, 0.29) is 11.8 Å². The standard InChI is InChI=1S/C68H89O4P/c69-73(70)71-67-61(63-57(47-27-11-3-12-28-47)41-53(45-23-7-1-8-24-45)42-58(63)48-29-13-4-14-30-48)39-51-35-19-21-37-55(51)65(67)66-56-38-22-20-36-52(56)40-62(68(66)72-73)64-59(49-31-15-5-16-32-49)43-54(46-25-9-2-10-26-46)44-60(64)50-33-17-6-18-34-50/h19,21,35,37,40-50,61,65,67H,1-18,20,22-34,36,38-39H2,(H,69,70)/t61?,65-,67-/m1/s1. The van der Waals surface area contributed by atoms with Crippen LogP contribution in [-0.4, -0.2) is 11.0 Å². The topological polar surface area (TPSA) is 55.8 Å². The Morgan fingerprint density at radius 1 is 0.438 bits per heavy atom. The molecule has 0 aromatic heterocycles. The minimum Gasteiger partial charge on any atom is -0.403 e. The molecule has 13 rings (SSSR count). The van der Waals surface area contributed by atoms with Crippen LogP contribution in [0.4, 0.5) is 0 Å². The van der Waals surface area contributed by atoms with Crippen LogP contribution >= 0.6 is 7.82 Å². The first-order chi connectivity index (χ1) is 36.0. The minimum atomic E-state index is -4.66. The third-order valence-corrected chi connectivity index (χ3v) is 22.4. The highest BCUT2D eigenvalue weighted by molar-refractivity contribution is 7.47. The molecule has 4 aromatic carbocycles. The molecule has 4 aromatic rings. The van der Waals surface area contributed by atoms with Crippen LogP contribution in [0.2, 0.25) is 0 Å². The van der Waals surface area contributed by atoms with Gasteiger partial charge in [0.15, 0.2) is 0 Å². The van der Waals surface area contributed by atoms with Gasteiger partial charge in [-0.1, -0.05) is 164 Å². The van der Waals surface area contributed by atoms with Crippen molar-refractivity contribution in [3.63, 3.8) is 0 Å². The number of hydrogen-bond acceptors (Lipinski definition) is 3. The maximum absolute atomic E-state index is 15.7. The van der Waals surface area contributed by atoms with Crippen LogP contribution in [0, 0.1) is 0 Å². The zero-order chi connectivity index (χ0) is 48.9. The van der Waals surface area contributed by atoms with Gasteiger partial charge in [0.05, 0.1) is 6.10 Å². The first kappa shape index (κ1) is 49.4. The van der Waals surface area contributed by atoms with Crippen LogP contribution in [0.5, 0.6) is 5.75 Å². The number of phosphoric acid groups is 1. The van der Waals surface area contributed by atoms with Crippen molar-refractivity contribution in [3.8, 4) is 16.9 Å². The second-order valence-corrected chi connectivity index (χ2v) is 27.2. The molecule has 6 saturated carbocycles. The number of rotatable bonds is 8. The molecule has 0 spiro atoms. The van der Waals surface area contributed by atoms with E-state index >= 15 is 4.57 Å². The highest BCUT2D eigenvalue weighted by atomic mass is 31.2. The van der Waals surface area contributed by atoms with Crippen LogP contribution in [0.25, 0.3) is 11.1 Å². The van der Waals surface area contributed by atoms with Crippen molar-refractivity contribution >= 4 is 7.82 Å². The monoisotopic (exact) mass is 1000 g/mol. The van der Waals surface area contributed by atoms with E-state index in [0.717, 1.165) is 31.2 Å². The van der Waals surface area contributed by atoms with Crippen LogP contribution in [0.15, 0.2) is 54.6 Å². The molecule has 1 aliphatic heterocycles. The summed E-state index contributed by atoms with van der Waals surface area (Å²) in [5.41, 5.74) is 20.2. The first-order valence-corrected chi connectivity index (χ1v) is 32.8. The number of hydrogen-bond donors (Lipinski definition) is 1. The Hall–Kier alpha value is -3.17. The summed E-state index contributed by atoms with van der Waals surface area (Å²) >= 11 is 0. The normalized spacial score (nSPS) is 28.3. The van der Waals surface area contributed by atoms with Crippen molar-refractivity contribution in [2.24, 2.45) is 0 Å². The number of phosphoric ester groups is 1. The van der Waals surface area contributed by atoms with Crippen molar-refractivity contribution in [1.82, 2.24) is 0 Å². The van der Waals surface area contributed by atoms with Crippen LogP contribution < -0.4 is 4.52 Å². The van der Waals surface area contributed by atoms with Crippen molar-refractivity contribution in [1.29, 1.82) is 0 Å². The Morgan fingerprint density at radius 2 is 0.877 bits per heavy atom. The molecule has 0 amide bonds. The predicted molar refractivity (Wildman–Crippen MR) is 300 cm³/mol. The lowest BCUT2D eigenvalue weighted by atomic mass is 9.63. The van der Waals surface area contributed by atoms with Gasteiger partial charge in [0.2, 0.25) is 0 Å². The molecule has 8 aliphatic carbocycles. The van der Waals surface area contributed by atoms with Gasteiger partial charge in [-0.15, -0.1) is 0 Å². The second-order valence-electron chi connectivity index (χ2n) is 25.8. The molecule has 5 heteroatoms. The fourth-order valence-electron chi connectivity index (χ4n) is 17.8. The Kier molecular flexibility index (Phi) is 14.7. The molecular weight excluding hydrogens is 912 g/mol. The molecule has 2 unspecified atom stereocenters. The van der Waals surface area contributed by atoms with Gasteiger partial charge in [0, 0.05) is 23.0 Å². The Balaban J connectivity index is 1.06. The number of aryl methyl sites for hydroxylation is 1. The van der Waals surface area contributed by atoms with Gasteiger partial charge in [-0.3, -0.25) is 9.42 Å². The van der Waals surface area contributed by atoms with Gasteiger partial charge in [-0.05, 0) is 217 Å². The Labute approximate surface area is 440 Å². The first-order valence-electron chi connectivity index (χ1n) is 31.3. The zero-order valence-corrected chi connectivity index (χ0v) is 45.7. The number of fused-ring (bicyclic) bond motifs is 7. The summed E-state index contributed by atoms with van der Waals surface area (Å²) in [6.45, 7) is 0.